The van der Waals surface area contributed by atoms with Crippen molar-refractivity contribution in [2.24, 2.45) is 0 Å². The van der Waals surface area contributed by atoms with Gasteiger partial charge in [-0.25, -0.2) is 13.6 Å². The van der Waals surface area contributed by atoms with Crippen LogP contribution in [-0.4, -0.2) is 28.6 Å². The molecule has 0 saturated carbocycles. The average molecular weight is 374 g/mol. The van der Waals surface area contributed by atoms with E-state index in [-0.39, 0.29) is 11.7 Å². The zero-order valence-corrected chi connectivity index (χ0v) is 15.1. The van der Waals surface area contributed by atoms with Gasteiger partial charge in [0, 0.05) is 18.7 Å². The minimum absolute atomic E-state index is 0.167. The molecule has 0 bridgehead atoms. The maximum Gasteiger partial charge on any atom is 0.322 e. The number of nitrogens with one attached hydrogen (secondary N) is 1. The Balaban J connectivity index is 1.73. The largest absolute Gasteiger partial charge is 0.388 e. The van der Waals surface area contributed by atoms with Crippen LogP contribution in [0.25, 0.3) is 0 Å². The van der Waals surface area contributed by atoms with Gasteiger partial charge in [-0.15, -0.1) is 0 Å². The Morgan fingerprint density at radius 3 is 2.70 bits per heavy atom. The second-order valence-corrected chi connectivity index (χ2v) is 6.91. The summed E-state index contributed by atoms with van der Waals surface area (Å²) < 4.78 is 27.2. The quantitative estimate of drug-likeness (QED) is 0.803. The maximum absolute atomic E-state index is 13.9. The molecule has 27 heavy (non-hydrogen) atoms. The van der Waals surface area contributed by atoms with Crippen LogP contribution in [-0.2, 0) is 0 Å². The molecular weight excluding hydrogens is 350 g/mol. The molecule has 2 aromatic carbocycles. The average Bonchev–Trinajstić information content (AvgIpc) is 2.91. The standard InChI is InChI=1S/C21H24F2N2O2/c22-16-10-11-18(23)19(13-16)24-21(27)25-12-6-2-5-9-17(25)14-20(26)15-7-3-1-4-8-15/h1,3-4,7-8,10-11,13,17,20,26H,2,5-6,9,12,14H2,(H,24,27)/t17-,20+/m0/s1. The fourth-order valence-corrected chi connectivity index (χ4v) is 3.54. The van der Waals surface area contributed by atoms with E-state index < -0.39 is 23.8 Å². The van der Waals surface area contributed by atoms with E-state index in [1.165, 1.54) is 0 Å². The third-order valence-corrected chi connectivity index (χ3v) is 4.99. The van der Waals surface area contributed by atoms with Crippen LogP contribution in [0.4, 0.5) is 19.3 Å². The monoisotopic (exact) mass is 374 g/mol. The number of benzene rings is 2. The van der Waals surface area contributed by atoms with E-state index in [0.717, 1.165) is 49.4 Å². The third kappa shape index (κ3) is 5.04. The van der Waals surface area contributed by atoms with Crippen LogP contribution in [0.5, 0.6) is 0 Å². The highest BCUT2D eigenvalue weighted by atomic mass is 19.1. The molecule has 2 amide bonds. The summed E-state index contributed by atoms with van der Waals surface area (Å²) in [5.74, 6) is -1.29. The molecule has 6 heteroatoms. The molecule has 1 saturated heterocycles. The van der Waals surface area contributed by atoms with Gasteiger partial charge in [0.1, 0.15) is 11.6 Å². The van der Waals surface area contributed by atoms with Gasteiger partial charge in [-0.2, -0.15) is 0 Å². The molecule has 1 aliphatic heterocycles. The van der Waals surface area contributed by atoms with Crippen LogP contribution < -0.4 is 5.32 Å². The fourth-order valence-electron chi connectivity index (χ4n) is 3.54. The highest BCUT2D eigenvalue weighted by Crippen LogP contribution is 2.27. The lowest BCUT2D eigenvalue weighted by atomic mass is 9.98. The number of halogens is 2. The van der Waals surface area contributed by atoms with Gasteiger partial charge in [0.15, 0.2) is 0 Å². The normalized spacial score (nSPS) is 18.6. The van der Waals surface area contributed by atoms with Gasteiger partial charge in [-0.05, 0) is 37.0 Å². The molecule has 1 fully saturated rings. The molecule has 3 rings (SSSR count). The molecule has 0 unspecified atom stereocenters. The molecule has 2 atom stereocenters. The van der Waals surface area contributed by atoms with E-state index in [2.05, 4.69) is 5.32 Å². The Morgan fingerprint density at radius 1 is 1.15 bits per heavy atom. The lowest BCUT2D eigenvalue weighted by Gasteiger charge is -2.31. The Morgan fingerprint density at radius 2 is 1.93 bits per heavy atom. The molecule has 2 N–H and O–H groups in total. The Bertz CT molecular complexity index is 770. The summed E-state index contributed by atoms with van der Waals surface area (Å²) in [5.41, 5.74) is 0.630. The molecule has 144 valence electrons. The lowest BCUT2D eigenvalue weighted by Crippen LogP contribution is -2.43. The van der Waals surface area contributed by atoms with Gasteiger partial charge in [0.2, 0.25) is 0 Å². The minimum Gasteiger partial charge on any atom is -0.388 e. The number of nitrogens with zero attached hydrogens (tertiary/aromatic N) is 1. The number of urea groups is 1. The molecular formula is C21H24F2N2O2. The summed E-state index contributed by atoms with van der Waals surface area (Å²) in [6, 6.07) is 11.7. The first-order valence-electron chi connectivity index (χ1n) is 9.30. The Labute approximate surface area is 157 Å². The SMILES string of the molecule is O=C(Nc1cc(F)ccc1F)N1CCCCC[C@H]1C[C@@H](O)c1ccccc1. The van der Waals surface area contributed by atoms with Crippen molar-refractivity contribution in [1.29, 1.82) is 0 Å². The van der Waals surface area contributed by atoms with Gasteiger partial charge in [0.25, 0.3) is 0 Å². The molecule has 0 radical (unpaired) electrons. The van der Waals surface area contributed by atoms with Crippen molar-refractivity contribution in [3.63, 3.8) is 0 Å². The minimum atomic E-state index is -0.685. The predicted octanol–water partition coefficient (Wildman–Crippen LogP) is 4.87. The van der Waals surface area contributed by atoms with E-state index in [0.29, 0.717) is 13.0 Å². The Hall–Kier alpha value is -2.47. The molecule has 4 nitrogen and oxygen atoms in total. The number of hydrogen-bond donors (Lipinski definition) is 2. The smallest absolute Gasteiger partial charge is 0.322 e. The summed E-state index contributed by atoms with van der Waals surface area (Å²) in [6.07, 6.45) is 3.29. The summed E-state index contributed by atoms with van der Waals surface area (Å²) in [4.78, 5) is 14.4. The van der Waals surface area contributed by atoms with Crippen LogP contribution in [0.2, 0.25) is 0 Å². The number of hydrogen-bond acceptors (Lipinski definition) is 2. The number of likely N-dealkylation sites (tertiary alicyclic amines) is 1. The van der Waals surface area contributed by atoms with Crippen molar-refractivity contribution in [2.75, 3.05) is 11.9 Å². The second kappa shape index (κ2) is 8.95. The van der Waals surface area contributed by atoms with Crippen LogP contribution in [0.15, 0.2) is 48.5 Å². The van der Waals surface area contributed by atoms with Crippen molar-refractivity contribution in [2.45, 2.75) is 44.2 Å². The van der Waals surface area contributed by atoms with Crippen molar-refractivity contribution in [3.05, 3.63) is 65.7 Å². The van der Waals surface area contributed by atoms with Gasteiger partial charge < -0.3 is 15.3 Å². The summed E-state index contributed by atoms with van der Waals surface area (Å²) in [6.45, 7) is 0.523. The zero-order chi connectivity index (χ0) is 19.2. The highest BCUT2D eigenvalue weighted by molar-refractivity contribution is 5.89. The highest BCUT2D eigenvalue weighted by Gasteiger charge is 2.28. The van der Waals surface area contributed by atoms with Crippen LogP contribution >= 0.6 is 0 Å². The van der Waals surface area contributed by atoms with E-state index in [4.69, 9.17) is 0 Å². The van der Waals surface area contributed by atoms with E-state index in [1.54, 1.807) is 4.90 Å². The topological polar surface area (TPSA) is 52.6 Å². The number of carbonyl (C=O) groups excluding carboxylic acids is 1. The Kier molecular flexibility index (Phi) is 6.40. The first kappa shape index (κ1) is 19.3. The second-order valence-electron chi connectivity index (χ2n) is 6.91. The molecule has 1 aliphatic rings. The predicted molar refractivity (Wildman–Crippen MR) is 100 cm³/mol. The van der Waals surface area contributed by atoms with Crippen molar-refractivity contribution in [1.82, 2.24) is 4.90 Å². The number of amides is 2. The molecule has 0 spiro atoms. The number of rotatable bonds is 4. The maximum atomic E-state index is 13.9. The number of aliphatic hydroxyl groups excluding tert-OH is 1. The molecule has 1 heterocycles. The van der Waals surface area contributed by atoms with Crippen molar-refractivity contribution in [3.8, 4) is 0 Å². The molecule has 0 aromatic heterocycles. The van der Waals surface area contributed by atoms with E-state index in [1.807, 2.05) is 30.3 Å². The first-order valence-corrected chi connectivity index (χ1v) is 9.30. The summed E-state index contributed by atoms with van der Waals surface area (Å²) in [5, 5.41) is 13.0. The lowest BCUT2D eigenvalue weighted by molar-refractivity contribution is 0.116. The van der Waals surface area contributed by atoms with Gasteiger partial charge in [0.05, 0.1) is 11.8 Å². The van der Waals surface area contributed by atoms with Crippen LogP contribution in [0, 0.1) is 11.6 Å². The summed E-state index contributed by atoms with van der Waals surface area (Å²) in [7, 11) is 0. The van der Waals surface area contributed by atoms with Crippen molar-refractivity contribution >= 4 is 11.7 Å². The zero-order valence-electron chi connectivity index (χ0n) is 15.1. The number of aliphatic hydroxyl groups is 1. The fraction of sp³-hybridized carbons (Fsp3) is 0.381. The van der Waals surface area contributed by atoms with Gasteiger partial charge in [-0.3, -0.25) is 0 Å². The van der Waals surface area contributed by atoms with Gasteiger partial charge >= 0.3 is 6.03 Å². The van der Waals surface area contributed by atoms with Crippen LogP contribution in [0.3, 0.4) is 0 Å². The van der Waals surface area contributed by atoms with Gasteiger partial charge in [-0.1, -0.05) is 43.2 Å². The van der Waals surface area contributed by atoms with E-state index >= 15 is 0 Å². The molecule has 2 aromatic rings. The van der Waals surface area contributed by atoms with Crippen molar-refractivity contribution < 1.29 is 18.7 Å². The number of carbonyl (C=O) groups is 1. The van der Waals surface area contributed by atoms with Crippen LogP contribution in [0.1, 0.15) is 43.8 Å². The third-order valence-electron chi connectivity index (χ3n) is 4.99. The van der Waals surface area contributed by atoms with E-state index in [9.17, 15) is 18.7 Å². The summed E-state index contributed by atoms with van der Waals surface area (Å²) >= 11 is 0. The number of anilines is 1. The first-order chi connectivity index (χ1) is 13.0. The molecule has 0 aliphatic carbocycles.